The first kappa shape index (κ1) is 11.9. The lowest BCUT2D eigenvalue weighted by Gasteiger charge is -2.18. The van der Waals surface area contributed by atoms with Crippen LogP contribution in [0.5, 0.6) is 0 Å². The molecule has 3 N–H and O–H groups in total. The van der Waals surface area contributed by atoms with Crippen molar-refractivity contribution in [2.24, 2.45) is 11.7 Å². The van der Waals surface area contributed by atoms with Crippen LogP contribution in [0.15, 0.2) is 0 Å². The van der Waals surface area contributed by atoms with Gasteiger partial charge in [-0.2, -0.15) is 0 Å². The molecule has 1 fully saturated rings. The summed E-state index contributed by atoms with van der Waals surface area (Å²) in [6, 6.07) is -0.0967. The molecule has 0 aromatic carbocycles. The summed E-state index contributed by atoms with van der Waals surface area (Å²) in [5.41, 5.74) is 5.52. The van der Waals surface area contributed by atoms with Gasteiger partial charge >= 0.3 is 0 Å². The normalized spacial score (nSPS) is 20.0. The predicted octanol–water partition coefficient (Wildman–Crippen LogP) is 0.442. The number of rotatable bonds is 6. The van der Waals surface area contributed by atoms with E-state index in [1.165, 1.54) is 0 Å². The maximum Gasteiger partial charge on any atom is 0.214 e. The Morgan fingerprint density at radius 1 is 1.43 bits per heavy atom. The van der Waals surface area contributed by atoms with E-state index in [1.54, 1.807) is 0 Å². The van der Waals surface area contributed by atoms with E-state index in [1.807, 2.05) is 0 Å². The molecule has 0 spiro atoms. The van der Waals surface area contributed by atoms with Crippen molar-refractivity contribution >= 4 is 10.0 Å². The van der Waals surface area contributed by atoms with Crippen molar-refractivity contribution in [2.75, 3.05) is 6.54 Å². The summed E-state index contributed by atoms with van der Waals surface area (Å²) < 4.78 is 25.8. The lowest BCUT2D eigenvalue weighted by molar-refractivity contribution is 0.464. The standard InChI is InChI=1S/C9H20N2O2S/c1-7(2)5-8(6-10)11-14(12,13)9-3-4-9/h7-9,11H,3-6,10H2,1-2H3. The van der Waals surface area contributed by atoms with Gasteiger partial charge in [-0.3, -0.25) is 0 Å². The SMILES string of the molecule is CC(C)CC(CN)NS(=O)(=O)C1CC1. The molecule has 0 bridgehead atoms. The van der Waals surface area contributed by atoms with Gasteiger partial charge < -0.3 is 5.73 Å². The molecule has 0 aromatic heterocycles. The lowest BCUT2D eigenvalue weighted by Crippen LogP contribution is -2.42. The van der Waals surface area contributed by atoms with Gasteiger partial charge in [0.15, 0.2) is 0 Å². The van der Waals surface area contributed by atoms with E-state index in [-0.39, 0.29) is 11.3 Å². The Bertz CT molecular complexity index is 271. The lowest BCUT2D eigenvalue weighted by atomic mass is 10.1. The number of nitrogens with two attached hydrogens (primary N) is 1. The van der Waals surface area contributed by atoms with Gasteiger partial charge in [0.05, 0.1) is 5.25 Å². The molecule has 0 heterocycles. The van der Waals surface area contributed by atoms with Crippen LogP contribution in [0.3, 0.4) is 0 Å². The van der Waals surface area contributed by atoms with Gasteiger partial charge in [-0.05, 0) is 25.2 Å². The Balaban J connectivity index is 2.46. The highest BCUT2D eigenvalue weighted by Crippen LogP contribution is 2.27. The Morgan fingerprint density at radius 2 is 2.00 bits per heavy atom. The van der Waals surface area contributed by atoms with E-state index in [0.29, 0.717) is 12.5 Å². The third kappa shape index (κ3) is 3.55. The molecule has 1 saturated carbocycles. The zero-order valence-electron chi connectivity index (χ0n) is 8.86. The van der Waals surface area contributed by atoms with Gasteiger partial charge in [0, 0.05) is 12.6 Å². The number of hydrogen-bond acceptors (Lipinski definition) is 3. The fraction of sp³-hybridized carbons (Fsp3) is 1.00. The minimum absolute atomic E-state index is 0.0967. The van der Waals surface area contributed by atoms with E-state index in [0.717, 1.165) is 19.3 Å². The number of sulfonamides is 1. The largest absolute Gasteiger partial charge is 0.329 e. The summed E-state index contributed by atoms with van der Waals surface area (Å²) >= 11 is 0. The second-order valence-electron chi connectivity index (χ2n) is 4.42. The van der Waals surface area contributed by atoms with Crippen LogP contribution in [0.2, 0.25) is 0 Å². The summed E-state index contributed by atoms with van der Waals surface area (Å²) in [7, 11) is -3.07. The summed E-state index contributed by atoms with van der Waals surface area (Å²) in [5.74, 6) is 0.463. The van der Waals surface area contributed by atoms with Crippen molar-refractivity contribution in [2.45, 2.75) is 44.4 Å². The van der Waals surface area contributed by atoms with Crippen molar-refractivity contribution in [3.63, 3.8) is 0 Å². The molecular formula is C9H20N2O2S. The molecule has 1 unspecified atom stereocenters. The van der Waals surface area contributed by atoms with Crippen LogP contribution in [0, 0.1) is 5.92 Å². The Labute approximate surface area is 86.3 Å². The van der Waals surface area contributed by atoms with Crippen LogP contribution in [-0.2, 0) is 10.0 Å². The molecule has 5 heteroatoms. The van der Waals surface area contributed by atoms with E-state index >= 15 is 0 Å². The van der Waals surface area contributed by atoms with Crippen molar-refractivity contribution in [1.29, 1.82) is 0 Å². The zero-order chi connectivity index (χ0) is 10.8. The van der Waals surface area contributed by atoms with Gasteiger partial charge in [0.1, 0.15) is 0 Å². The van der Waals surface area contributed by atoms with Crippen LogP contribution >= 0.6 is 0 Å². The number of nitrogens with one attached hydrogen (secondary N) is 1. The zero-order valence-corrected chi connectivity index (χ0v) is 9.68. The molecule has 0 radical (unpaired) electrons. The molecule has 1 aliphatic carbocycles. The predicted molar refractivity (Wildman–Crippen MR) is 57.4 cm³/mol. The van der Waals surface area contributed by atoms with Gasteiger partial charge in [0.25, 0.3) is 0 Å². The third-order valence-corrected chi connectivity index (χ3v) is 4.35. The van der Waals surface area contributed by atoms with E-state index in [2.05, 4.69) is 18.6 Å². The third-order valence-electron chi connectivity index (χ3n) is 2.33. The first-order valence-corrected chi connectivity index (χ1v) is 6.71. The van der Waals surface area contributed by atoms with Crippen molar-refractivity contribution in [3.05, 3.63) is 0 Å². The molecule has 14 heavy (non-hydrogen) atoms. The first-order valence-electron chi connectivity index (χ1n) is 5.17. The molecule has 0 saturated heterocycles. The molecular weight excluding hydrogens is 200 g/mol. The van der Waals surface area contributed by atoms with Crippen molar-refractivity contribution in [1.82, 2.24) is 4.72 Å². The average Bonchev–Trinajstić information content (AvgIpc) is 2.83. The second kappa shape index (κ2) is 4.59. The minimum Gasteiger partial charge on any atom is -0.329 e. The minimum atomic E-state index is -3.07. The van der Waals surface area contributed by atoms with Gasteiger partial charge in [-0.1, -0.05) is 13.8 Å². The maximum absolute atomic E-state index is 11.6. The summed E-state index contributed by atoms with van der Waals surface area (Å²) in [6.45, 7) is 4.51. The summed E-state index contributed by atoms with van der Waals surface area (Å²) in [4.78, 5) is 0. The topological polar surface area (TPSA) is 72.2 Å². The Kier molecular flexibility index (Phi) is 3.92. The smallest absolute Gasteiger partial charge is 0.214 e. The Morgan fingerprint density at radius 3 is 2.36 bits per heavy atom. The molecule has 0 aliphatic heterocycles. The monoisotopic (exact) mass is 220 g/mol. The van der Waals surface area contributed by atoms with Crippen LogP contribution < -0.4 is 10.5 Å². The van der Waals surface area contributed by atoms with Gasteiger partial charge in [-0.15, -0.1) is 0 Å². The van der Waals surface area contributed by atoms with Gasteiger partial charge in [-0.25, -0.2) is 13.1 Å². The summed E-state index contributed by atoms with van der Waals surface area (Å²) in [6.07, 6.45) is 2.41. The molecule has 0 amide bonds. The first-order chi connectivity index (χ1) is 6.45. The van der Waals surface area contributed by atoms with Crippen LogP contribution in [0.25, 0.3) is 0 Å². The highest BCUT2D eigenvalue weighted by Gasteiger charge is 2.36. The van der Waals surface area contributed by atoms with Crippen LogP contribution in [-0.4, -0.2) is 26.3 Å². The molecule has 1 aliphatic rings. The van der Waals surface area contributed by atoms with Crippen LogP contribution in [0.4, 0.5) is 0 Å². The highest BCUT2D eigenvalue weighted by molar-refractivity contribution is 7.90. The number of hydrogen-bond donors (Lipinski definition) is 2. The molecule has 1 rings (SSSR count). The van der Waals surface area contributed by atoms with E-state index in [9.17, 15) is 8.42 Å². The molecule has 1 atom stereocenters. The van der Waals surface area contributed by atoms with Gasteiger partial charge in [0.2, 0.25) is 10.0 Å². The Hall–Kier alpha value is -0.130. The van der Waals surface area contributed by atoms with Crippen LogP contribution in [0.1, 0.15) is 33.1 Å². The summed E-state index contributed by atoms with van der Waals surface area (Å²) in [5, 5.41) is -0.149. The second-order valence-corrected chi connectivity index (χ2v) is 6.42. The quantitative estimate of drug-likeness (QED) is 0.682. The molecule has 4 nitrogen and oxygen atoms in total. The van der Waals surface area contributed by atoms with E-state index < -0.39 is 10.0 Å². The fourth-order valence-electron chi connectivity index (χ4n) is 1.47. The maximum atomic E-state index is 11.6. The fourth-order valence-corrected chi connectivity index (χ4v) is 3.07. The average molecular weight is 220 g/mol. The molecule has 84 valence electrons. The molecule has 0 aromatic rings. The van der Waals surface area contributed by atoms with Crippen molar-refractivity contribution in [3.8, 4) is 0 Å². The van der Waals surface area contributed by atoms with E-state index in [4.69, 9.17) is 5.73 Å². The highest BCUT2D eigenvalue weighted by atomic mass is 32.2. The van der Waals surface area contributed by atoms with Crippen molar-refractivity contribution < 1.29 is 8.42 Å².